The van der Waals surface area contributed by atoms with Crippen molar-refractivity contribution in [3.05, 3.63) is 103 Å². The van der Waals surface area contributed by atoms with Gasteiger partial charge < -0.3 is 19.4 Å². The summed E-state index contributed by atoms with van der Waals surface area (Å²) in [6.45, 7) is 0. The van der Waals surface area contributed by atoms with E-state index in [-0.39, 0.29) is 0 Å². The predicted molar refractivity (Wildman–Crippen MR) is 144 cm³/mol. The van der Waals surface area contributed by atoms with Crippen molar-refractivity contribution in [3.63, 3.8) is 0 Å². The third-order valence-electron chi connectivity index (χ3n) is 6.85. The number of para-hydroxylation sites is 1. The second kappa shape index (κ2) is 7.60. The summed E-state index contributed by atoms with van der Waals surface area (Å²) in [5.74, 6) is 0. The van der Waals surface area contributed by atoms with Crippen LogP contribution in [0.25, 0.3) is 66.0 Å². The molecule has 0 aliphatic carbocycles. The number of aromatic amines is 1. The fraction of sp³-hybridized carbons (Fsp3) is 0. The first kappa shape index (κ1) is 20.1. The van der Waals surface area contributed by atoms with E-state index in [1.54, 1.807) is 6.07 Å². The van der Waals surface area contributed by atoms with Crippen LogP contribution in [0.5, 0.6) is 0 Å². The summed E-state index contributed by atoms with van der Waals surface area (Å²) in [4.78, 5) is 3.41. The maximum absolute atomic E-state index is 9.58. The standard InChI is InChI=1S/C30H20BNO3/c33-31(34)22-11-13-28-25(17-22)24-15-20(9-12-27(24)32-28)18-5-7-19(8-6-18)21-10-14-30-26(16-21)23-3-1-2-4-29(23)35-30/h1-17,32-34H. The Morgan fingerprint density at radius 1 is 0.514 bits per heavy atom. The predicted octanol–water partition coefficient (Wildman–Crippen LogP) is 6.23. The molecule has 0 fully saturated rings. The molecule has 3 N–H and O–H groups in total. The van der Waals surface area contributed by atoms with Crippen LogP contribution in [-0.4, -0.2) is 22.2 Å². The first-order chi connectivity index (χ1) is 17.1. The molecule has 0 aliphatic heterocycles. The van der Waals surface area contributed by atoms with E-state index in [9.17, 15) is 10.0 Å². The van der Waals surface area contributed by atoms with Gasteiger partial charge in [-0.1, -0.05) is 66.7 Å². The third kappa shape index (κ3) is 3.25. The smallest absolute Gasteiger partial charge is 0.456 e. The molecule has 0 amide bonds. The number of nitrogens with one attached hydrogen (secondary N) is 1. The quantitative estimate of drug-likeness (QED) is 0.278. The van der Waals surface area contributed by atoms with E-state index in [1.807, 2.05) is 36.4 Å². The molecule has 0 bridgehead atoms. The Bertz CT molecular complexity index is 1880. The molecule has 0 unspecified atom stereocenters. The number of hydrogen-bond donors (Lipinski definition) is 3. The van der Waals surface area contributed by atoms with Crippen molar-refractivity contribution < 1.29 is 14.5 Å². The molecule has 7 aromatic rings. The van der Waals surface area contributed by atoms with Crippen molar-refractivity contribution in [1.82, 2.24) is 4.98 Å². The molecule has 0 saturated carbocycles. The minimum absolute atomic E-state index is 0.482. The number of aromatic nitrogens is 1. The normalized spacial score (nSPS) is 11.7. The average molecular weight is 453 g/mol. The molecule has 2 aromatic heterocycles. The van der Waals surface area contributed by atoms with Gasteiger partial charge in [0.1, 0.15) is 11.2 Å². The van der Waals surface area contributed by atoms with Gasteiger partial charge in [-0.05, 0) is 64.1 Å². The number of rotatable bonds is 3. The zero-order chi connectivity index (χ0) is 23.5. The van der Waals surface area contributed by atoms with Crippen molar-refractivity contribution in [1.29, 1.82) is 0 Å². The molecule has 7 rings (SSSR count). The molecule has 0 saturated heterocycles. The summed E-state index contributed by atoms with van der Waals surface area (Å²) in [6, 6.07) is 34.8. The van der Waals surface area contributed by atoms with Gasteiger partial charge in [-0.2, -0.15) is 0 Å². The molecule has 0 radical (unpaired) electrons. The minimum Gasteiger partial charge on any atom is -0.456 e. The van der Waals surface area contributed by atoms with Gasteiger partial charge >= 0.3 is 7.12 Å². The van der Waals surface area contributed by atoms with Crippen LogP contribution in [0.1, 0.15) is 0 Å². The van der Waals surface area contributed by atoms with Crippen molar-refractivity contribution in [2.75, 3.05) is 0 Å². The summed E-state index contributed by atoms with van der Waals surface area (Å²) in [5.41, 5.74) is 8.81. The Hall–Kier alpha value is -4.32. The monoisotopic (exact) mass is 453 g/mol. The Morgan fingerprint density at radius 3 is 1.83 bits per heavy atom. The Morgan fingerprint density at radius 2 is 1.09 bits per heavy atom. The Labute approximate surface area is 201 Å². The Kier molecular flexibility index (Phi) is 4.36. The largest absolute Gasteiger partial charge is 0.488 e. The fourth-order valence-electron chi connectivity index (χ4n) is 5.02. The van der Waals surface area contributed by atoms with Gasteiger partial charge in [-0.25, -0.2) is 0 Å². The molecule has 5 heteroatoms. The van der Waals surface area contributed by atoms with E-state index in [0.29, 0.717) is 5.46 Å². The van der Waals surface area contributed by atoms with Crippen LogP contribution in [-0.2, 0) is 0 Å². The topological polar surface area (TPSA) is 69.4 Å². The van der Waals surface area contributed by atoms with Gasteiger partial charge in [0.05, 0.1) is 0 Å². The summed E-state index contributed by atoms with van der Waals surface area (Å²) < 4.78 is 5.97. The highest BCUT2D eigenvalue weighted by atomic mass is 16.4. The second-order valence-electron chi connectivity index (χ2n) is 8.95. The Balaban J connectivity index is 1.28. The highest BCUT2D eigenvalue weighted by Crippen LogP contribution is 2.34. The first-order valence-electron chi connectivity index (χ1n) is 11.6. The zero-order valence-corrected chi connectivity index (χ0v) is 18.7. The van der Waals surface area contributed by atoms with Gasteiger partial charge in [0.2, 0.25) is 0 Å². The third-order valence-corrected chi connectivity index (χ3v) is 6.85. The molecule has 0 aliphatic rings. The maximum Gasteiger partial charge on any atom is 0.488 e. The summed E-state index contributed by atoms with van der Waals surface area (Å²) in [6.07, 6.45) is 0. The van der Waals surface area contributed by atoms with E-state index in [4.69, 9.17) is 4.42 Å². The van der Waals surface area contributed by atoms with Crippen molar-refractivity contribution in [3.8, 4) is 22.3 Å². The van der Waals surface area contributed by atoms with Gasteiger partial charge in [0.15, 0.2) is 0 Å². The lowest BCUT2D eigenvalue weighted by molar-refractivity contribution is 0.426. The molecule has 5 aromatic carbocycles. The van der Waals surface area contributed by atoms with Gasteiger partial charge in [-0.15, -0.1) is 0 Å². The van der Waals surface area contributed by atoms with Crippen LogP contribution in [0.2, 0.25) is 0 Å². The molecule has 35 heavy (non-hydrogen) atoms. The molecule has 4 nitrogen and oxygen atoms in total. The second-order valence-corrected chi connectivity index (χ2v) is 8.95. The lowest BCUT2D eigenvalue weighted by atomic mass is 9.80. The molecule has 0 spiro atoms. The van der Waals surface area contributed by atoms with Crippen molar-refractivity contribution in [2.45, 2.75) is 0 Å². The molecule has 0 atom stereocenters. The van der Waals surface area contributed by atoms with Gasteiger partial charge in [-0.3, -0.25) is 0 Å². The van der Waals surface area contributed by atoms with Crippen LogP contribution in [0.4, 0.5) is 0 Å². The highest BCUT2D eigenvalue weighted by molar-refractivity contribution is 6.59. The highest BCUT2D eigenvalue weighted by Gasteiger charge is 2.14. The number of furan rings is 1. The van der Waals surface area contributed by atoms with Crippen molar-refractivity contribution >= 4 is 56.3 Å². The summed E-state index contributed by atoms with van der Waals surface area (Å²) in [5, 5.41) is 23.5. The lowest BCUT2D eigenvalue weighted by Crippen LogP contribution is -2.29. The van der Waals surface area contributed by atoms with Crippen LogP contribution >= 0.6 is 0 Å². The molecular weight excluding hydrogens is 433 g/mol. The van der Waals surface area contributed by atoms with Crippen LogP contribution < -0.4 is 5.46 Å². The molecule has 2 heterocycles. The number of hydrogen-bond acceptors (Lipinski definition) is 3. The van der Waals surface area contributed by atoms with E-state index in [0.717, 1.165) is 66.0 Å². The number of fused-ring (bicyclic) bond motifs is 6. The molecule has 166 valence electrons. The van der Waals surface area contributed by atoms with E-state index < -0.39 is 7.12 Å². The van der Waals surface area contributed by atoms with Crippen LogP contribution in [0, 0.1) is 0 Å². The number of H-pyrrole nitrogens is 1. The van der Waals surface area contributed by atoms with Crippen LogP contribution in [0.3, 0.4) is 0 Å². The van der Waals surface area contributed by atoms with Gasteiger partial charge in [0.25, 0.3) is 0 Å². The number of benzene rings is 5. The minimum atomic E-state index is -1.49. The fourth-order valence-corrected chi connectivity index (χ4v) is 5.02. The maximum atomic E-state index is 9.58. The zero-order valence-electron chi connectivity index (χ0n) is 18.7. The average Bonchev–Trinajstić information content (AvgIpc) is 3.45. The summed E-state index contributed by atoms with van der Waals surface area (Å²) >= 11 is 0. The summed E-state index contributed by atoms with van der Waals surface area (Å²) in [7, 11) is -1.49. The van der Waals surface area contributed by atoms with Gasteiger partial charge in [0, 0.05) is 32.6 Å². The van der Waals surface area contributed by atoms with E-state index in [1.165, 1.54) is 0 Å². The molecular formula is C30H20BNO3. The van der Waals surface area contributed by atoms with Crippen LogP contribution in [0.15, 0.2) is 108 Å². The van der Waals surface area contributed by atoms with Crippen molar-refractivity contribution in [2.24, 2.45) is 0 Å². The first-order valence-corrected chi connectivity index (χ1v) is 11.6. The van der Waals surface area contributed by atoms with E-state index >= 15 is 0 Å². The van der Waals surface area contributed by atoms with E-state index in [2.05, 4.69) is 65.6 Å². The lowest BCUT2D eigenvalue weighted by Gasteiger charge is -2.06. The SMILES string of the molecule is OB(O)c1ccc2[nH]c3ccc(-c4ccc(-c5ccc6oc7ccccc7c6c5)cc4)cc3c2c1.